The second-order valence-electron chi connectivity index (χ2n) is 6.90. The van der Waals surface area contributed by atoms with Gasteiger partial charge in [0.15, 0.2) is 5.78 Å². The number of nitrogens with zero attached hydrogens (tertiary/aromatic N) is 2. The van der Waals surface area contributed by atoms with Crippen LogP contribution in [0, 0.1) is 11.7 Å². The van der Waals surface area contributed by atoms with E-state index in [-0.39, 0.29) is 46.5 Å². The quantitative estimate of drug-likeness (QED) is 0.737. The number of rotatable bonds is 5. The lowest BCUT2D eigenvalue weighted by Crippen LogP contribution is -2.39. The molecule has 3 atom stereocenters. The van der Waals surface area contributed by atoms with Gasteiger partial charge in [0.05, 0.1) is 10.0 Å². The molecule has 1 aliphatic carbocycles. The van der Waals surface area contributed by atoms with Crippen LogP contribution in [0.15, 0.2) is 35.5 Å². The monoisotopic (exact) mass is 425 g/mol. The van der Waals surface area contributed by atoms with E-state index in [9.17, 15) is 13.6 Å². The fourth-order valence-corrected chi connectivity index (χ4v) is 4.11. The van der Waals surface area contributed by atoms with Crippen molar-refractivity contribution >= 4 is 35.0 Å². The van der Waals surface area contributed by atoms with E-state index in [0.717, 1.165) is 0 Å². The number of fused-ring (bicyclic) bond motifs is 1. The maximum atomic E-state index is 14.6. The number of Topliss-reactive ketones (excluding diaryl/α,β-unsaturated/α-hetero) is 1. The molecule has 0 bridgehead atoms. The van der Waals surface area contributed by atoms with Gasteiger partial charge in [-0.1, -0.05) is 29.3 Å². The average Bonchev–Trinajstić information content (AvgIpc) is 3.42. The van der Waals surface area contributed by atoms with Crippen LogP contribution in [0.4, 0.5) is 8.78 Å². The van der Waals surface area contributed by atoms with Gasteiger partial charge >= 0.3 is 0 Å². The smallest absolute Gasteiger partial charge is 0.283 e. The van der Waals surface area contributed by atoms with Crippen LogP contribution >= 0.6 is 23.2 Å². The summed E-state index contributed by atoms with van der Waals surface area (Å²) in [6.07, 6.45) is 1.51. The number of pyridine rings is 1. The van der Waals surface area contributed by atoms with Gasteiger partial charge in [-0.3, -0.25) is 4.79 Å². The molecule has 28 heavy (non-hydrogen) atoms. The molecule has 1 aromatic heterocycles. The Morgan fingerprint density at radius 3 is 2.86 bits per heavy atom. The molecule has 146 valence electrons. The van der Waals surface area contributed by atoms with E-state index in [0.29, 0.717) is 17.0 Å². The Hall–Kier alpha value is -2.25. The molecule has 1 saturated carbocycles. The highest BCUT2D eigenvalue weighted by Gasteiger charge is 2.60. The number of carbonyl (C=O) groups excluding carboxylic acids is 1. The predicted octanol–water partition coefficient (Wildman–Crippen LogP) is 3.85. The number of ketones is 1. The highest BCUT2D eigenvalue weighted by Crippen LogP contribution is 2.53. The highest BCUT2D eigenvalue weighted by atomic mass is 35.5. The second-order valence-corrected chi connectivity index (χ2v) is 7.75. The maximum absolute atomic E-state index is 14.6. The number of aliphatic imine (C=N–C) groups is 1. The van der Waals surface area contributed by atoms with Gasteiger partial charge in [0.1, 0.15) is 29.8 Å². The summed E-state index contributed by atoms with van der Waals surface area (Å²) in [5.74, 6) is -1.27. The van der Waals surface area contributed by atoms with Gasteiger partial charge in [-0.2, -0.15) is 0 Å². The number of ether oxygens (including phenoxy) is 1. The van der Waals surface area contributed by atoms with E-state index < -0.39 is 18.0 Å². The summed E-state index contributed by atoms with van der Waals surface area (Å²) in [5.41, 5.74) is 4.84. The minimum Gasteiger partial charge on any atom is -0.462 e. The Labute approximate surface area is 169 Å². The van der Waals surface area contributed by atoms with Crippen LogP contribution in [0.5, 0.6) is 0 Å². The number of benzene rings is 1. The van der Waals surface area contributed by atoms with Crippen molar-refractivity contribution in [3.8, 4) is 0 Å². The van der Waals surface area contributed by atoms with Crippen LogP contribution < -0.4 is 5.73 Å². The normalized spacial score (nSPS) is 25.5. The molecular weight excluding hydrogens is 411 g/mol. The maximum Gasteiger partial charge on any atom is 0.283 e. The molecule has 2 aliphatic rings. The van der Waals surface area contributed by atoms with Crippen molar-refractivity contribution in [2.75, 3.05) is 6.67 Å². The van der Waals surface area contributed by atoms with Gasteiger partial charge in [0.25, 0.3) is 6.02 Å². The highest BCUT2D eigenvalue weighted by molar-refractivity contribution is 6.36. The van der Waals surface area contributed by atoms with Crippen LogP contribution in [0.3, 0.4) is 0 Å². The molecule has 4 rings (SSSR count). The molecule has 0 spiro atoms. The Kier molecular flexibility index (Phi) is 4.75. The lowest BCUT2D eigenvalue weighted by molar-refractivity contribution is 0.0988. The Balaban J connectivity index is 1.68. The molecule has 1 aromatic carbocycles. The molecular formula is C19H15Cl2F2N3O2. The van der Waals surface area contributed by atoms with Crippen LogP contribution in [0.1, 0.15) is 28.0 Å². The first-order chi connectivity index (χ1) is 13.3. The van der Waals surface area contributed by atoms with Crippen molar-refractivity contribution in [2.45, 2.75) is 24.5 Å². The number of alkyl halides is 1. The summed E-state index contributed by atoms with van der Waals surface area (Å²) in [6.45, 7) is -0.920. The van der Waals surface area contributed by atoms with Gasteiger partial charge < -0.3 is 10.5 Å². The second kappa shape index (κ2) is 6.97. The van der Waals surface area contributed by atoms with Crippen LogP contribution in [-0.2, 0) is 16.7 Å². The average molecular weight is 426 g/mol. The molecule has 0 amide bonds. The number of carbonyl (C=O) groups is 1. The van der Waals surface area contributed by atoms with Crippen molar-refractivity contribution < 1.29 is 18.3 Å². The van der Waals surface area contributed by atoms with Crippen molar-refractivity contribution in [1.29, 1.82) is 0 Å². The number of aromatic nitrogens is 1. The lowest BCUT2D eigenvalue weighted by atomic mass is 9.84. The van der Waals surface area contributed by atoms with E-state index >= 15 is 0 Å². The molecule has 2 heterocycles. The van der Waals surface area contributed by atoms with Crippen molar-refractivity contribution in [3.63, 3.8) is 0 Å². The van der Waals surface area contributed by atoms with E-state index in [1.165, 1.54) is 30.5 Å². The number of amidine groups is 1. The summed E-state index contributed by atoms with van der Waals surface area (Å²) >= 11 is 11.8. The number of hydrogen-bond donors (Lipinski definition) is 1. The first kappa shape index (κ1) is 19.1. The number of hydrogen-bond acceptors (Lipinski definition) is 5. The zero-order valence-corrected chi connectivity index (χ0v) is 16.0. The molecule has 1 aliphatic heterocycles. The summed E-state index contributed by atoms with van der Waals surface area (Å²) < 4.78 is 34.0. The van der Waals surface area contributed by atoms with Crippen LogP contribution in [0.2, 0.25) is 10.0 Å². The predicted molar refractivity (Wildman–Crippen MR) is 101 cm³/mol. The Morgan fingerprint density at radius 2 is 2.14 bits per heavy atom. The van der Waals surface area contributed by atoms with Gasteiger partial charge in [-0.15, -0.1) is 0 Å². The summed E-state index contributed by atoms with van der Waals surface area (Å²) in [4.78, 5) is 20.6. The number of halogens is 4. The van der Waals surface area contributed by atoms with Gasteiger partial charge in [-0.25, -0.2) is 18.8 Å². The van der Waals surface area contributed by atoms with Crippen molar-refractivity contribution in [2.24, 2.45) is 16.6 Å². The van der Waals surface area contributed by atoms with Crippen molar-refractivity contribution in [1.82, 2.24) is 4.98 Å². The summed E-state index contributed by atoms with van der Waals surface area (Å²) in [7, 11) is 0. The van der Waals surface area contributed by atoms with Gasteiger partial charge in [0.2, 0.25) is 0 Å². The fourth-order valence-electron chi connectivity index (χ4n) is 3.63. The zero-order chi connectivity index (χ0) is 20.1. The first-order valence-corrected chi connectivity index (χ1v) is 9.31. The largest absolute Gasteiger partial charge is 0.462 e. The first-order valence-electron chi connectivity index (χ1n) is 8.55. The molecule has 0 unspecified atom stereocenters. The number of nitrogens with two attached hydrogens (primary N) is 1. The topological polar surface area (TPSA) is 77.6 Å². The minimum atomic E-state index is -1.44. The van der Waals surface area contributed by atoms with E-state index in [2.05, 4.69) is 9.98 Å². The summed E-state index contributed by atoms with van der Waals surface area (Å²) in [6, 6.07) is 5.38. The Bertz CT molecular complexity index is 1000. The van der Waals surface area contributed by atoms with Crippen LogP contribution in [0.25, 0.3) is 0 Å². The molecule has 2 aromatic rings. The fraction of sp³-hybridized carbons (Fsp3) is 0.316. The minimum absolute atomic E-state index is 0.0627. The molecule has 1 fully saturated rings. The lowest BCUT2D eigenvalue weighted by Gasteiger charge is -2.31. The standard InChI is InChI=1S/C19H15Cl2F2N3O2/c20-10-5-13(21)17(25-7-10)15(27)4-9-1-2-14(23)11(3-9)19(8-22)12-6-16(12)28-18(24)26-19/h1-3,5,7,12,16H,4,6,8H2,(H2,24,26)/t12-,16+,19+/m0/s1. The SMILES string of the molecule is NC1=N[C@](CF)(c2cc(CC(=O)c3ncc(Cl)cc3Cl)ccc2F)[C@H]2C[C@H]2O1. The molecule has 9 heteroatoms. The third kappa shape index (κ3) is 3.22. The summed E-state index contributed by atoms with van der Waals surface area (Å²) in [5, 5.41) is 0.437. The van der Waals surface area contributed by atoms with Crippen molar-refractivity contribution in [3.05, 3.63) is 63.1 Å². The molecule has 5 nitrogen and oxygen atoms in total. The molecule has 2 N–H and O–H groups in total. The third-order valence-corrected chi connectivity index (χ3v) is 5.56. The molecule has 0 radical (unpaired) electrons. The molecule has 0 saturated heterocycles. The van der Waals surface area contributed by atoms with E-state index in [4.69, 9.17) is 33.7 Å². The van der Waals surface area contributed by atoms with Gasteiger partial charge in [-0.05, 0) is 30.2 Å². The van der Waals surface area contributed by atoms with E-state index in [1.807, 2.05) is 0 Å². The zero-order valence-electron chi connectivity index (χ0n) is 14.5. The Morgan fingerprint density at radius 1 is 1.36 bits per heavy atom. The van der Waals surface area contributed by atoms with Crippen LogP contribution in [-0.4, -0.2) is 29.6 Å². The third-order valence-electron chi connectivity index (χ3n) is 5.06. The van der Waals surface area contributed by atoms with Gasteiger partial charge in [0, 0.05) is 24.1 Å². The van der Waals surface area contributed by atoms with E-state index in [1.54, 1.807) is 0 Å².